The quantitative estimate of drug-likeness (QED) is 0.882. The monoisotopic (exact) mass is 307 g/mol. The van der Waals surface area contributed by atoms with Gasteiger partial charge in [0.1, 0.15) is 16.8 Å². The molecule has 21 heavy (non-hydrogen) atoms. The number of nitrogens with one attached hydrogen (secondary N) is 1. The van der Waals surface area contributed by atoms with Crippen LogP contribution in [0.3, 0.4) is 0 Å². The number of benzene rings is 1. The molecule has 4 nitrogen and oxygen atoms in total. The topological polar surface area (TPSA) is 45.2 Å². The van der Waals surface area contributed by atoms with Crippen LogP contribution in [0.2, 0.25) is 5.15 Å². The first-order chi connectivity index (χ1) is 9.99. The highest BCUT2D eigenvalue weighted by atomic mass is 35.5. The lowest BCUT2D eigenvalue weighted by atomic mass is 10.2. The summed E-state index contributed by atoms with van der Waals surface area (Å²) in [6.45, 7) is 0.383. The summed E-state index contributed by atoms with van der Waals surface area (Å²) >= 11 is 5.89. The number of carbonyl (C=O) groups excluding carboxylic acids is 1. The first-order valence-corrected chi connectivity index (χ1v) is 6.72. The largest absolute Gasteiger partial charge is 0.373 e. The zero-order chi connectivity index (χ0) is 15.4. The normalized spacial score (nSPS) is 10.3. The van der Waals surface area contributed by atoms with Crippen molar-refractivity contribution in [3.8, 4) is 0 Å². The Bertz CT molecular complexity index is 646. The second-order valence-electron chi connectivity index (χ2n) is 4.60. The maximum absolute atomic E-state index is 12.9. The fourth-order valence-corrected chi connectivity index (χ4v) is 2.11. The Morgan fingerprint density at radius 2 is 2.00 bits per heavy atom. The summed E-state index contributed by atoms with van der Waals surface area (Å²) in [5, 5.41) is 3.10. The summed E-state index contributed by atoms with van der Waals surface area (Å²) in [7, 11) is 3.38. The van der Waals surface area contributed by atoms with Crippen LogP contribution in [0.1, 0.15) is 15.9 Å². The number of pyridine rings is 1. The van der Waals surface area contributed by atoms with Crippen LogP contribution < -0.4 is 5.32 Å². The highest BCUT2D eigenvalue weighted by Crippen LogP contribution is 2.16. The molecule has 2 rings (SSSR count). The van der Waals surface area contributed by atoms with Crippen LogP contribution in [0.5, 0.6) is 0 Å². The van der Waals surface area contributed by atoms with Gasteiger partial charge in [0.2, 0.25) is 0 Å². The molecule has 0 fully saturated rings. The summed E-state index contributed by atoms with van der Waals surface area (Å²) in [5.74, 6) is 0.0495. The Balaban J connectivity index is 2.15. The van der Waals surface area contributed by atoms with Gasteiger partial charge in [0.25, 0.3) is 5.91 Å². The van der Waals surface area contributed by atoms with Gasteiger partial charge >= 0.3 is 0 Å². The van der Waals surface area contributed by atoms with Crippen LogP contribution in [-0.2, 0) is 6.54 Å². The predicted molar refractivity (Wildman–Crippen MR) is 81.0 cm³/mol. The highest BCUT2D eigenvalue weighted by molar-refractivity contribution is 6.29. The van der Waals surface area contributed by atoms with Gasteiger partial charge in [-0.25, -0.2) is 9.37 Å². The lowest BCUT2D eigenvalue weighted by molar-refractivity contribution is 0.0785. The number of anilines is 1. The van der Waals surface area contributed by atoms with Crippen molar-refractivity contribution < 1.29 is 9.18 Å². The third-order valence-corrected chi connectivity index (χ3v) is 3.17. The minimum absolute atomic E-state index is 0.180. The molecule has 110 valence electrons. The lowest BCUT2D eigenvalue weighted by Gasteiger charge is -2.18. The van der Waals surface area contributed by atoms with E-state index in [-0.39, 0.29) is 16.9 Å². The van der Waals surface area contributed by atoms with Crippen LogP contribution in [0, 0.1) is 5.82 Å². The molecule has 1 aromatic heterocycles. The third-order valence-electron chi connectivity index (χ3n) is 2.98. The van der Waals surface area contributed by atoms with Gasteiger partial charge in [0, 0.05) is 26.2 Å². The highest BCUT2D eigenvalue weighted by Gasteiger charge is 2.14. The molecule has 1 amide bonds. The van der Waals surface area contributed by atoms with E-state index in [4.69, 9.17) is 11.6 Å². The zero-order valence-electron chi connectivity index (χ0n) is 11.7. The standard InChI is InChI=1S/C15H15ClFN3O/c1-18-14-8-11(7-13(16)19-14)15(21)20(2)9-10-3-5-12(17)6-4-10/h3-8H,9H2,1-2H3,(H,18,19). The molecule has 0 spiro atoms. The van der Waals surface area contributed by atoms with Gasteiger partial charge in [0.05, 0.1) is 0 Å². The van der Waals surface area contributed by atoms with E-state index in [0.717, 1.165) is 5.56 Å². The molecule has 0 unspecified atom stereocenters. The maximum Gasteiger partial charge on any atom is 0.254 e. The van der Waals surface area contributed by atoms with Crippen molar-refractivity contribution >= 4 is 23.3 Å². The summed E-state index contributed by atoms with van der Waals surface area (Å²) < 4.78 is 12.9. The van der Waals surface area contributed by atoms with Crippen LogP contribution in [0.15, 0.2) is 36.4 Å². The molecule has 0 aliphatic carbocycles. The van der Waals surface area contributed by atoms with E-state index in [0.29, 0.717) is 17.9 Å². The van der Waals surface area contributed by atoms with Crippen LogP contribution in [0.25, 0.3) is 0 Å². The van der Waals surface area contributed by atoms with Gasteiger partial charge in [-0.2, -0.15) is 0 Å². The lowest BCUT2D eigenvalue weighted by Crippen LogP contribution is -2.26. The number of nitrogens with zero attached hydrogens (tertiary/aromatic N) is 2. The van der Waals surface area contributed by atoms with Crippen molar-refractivity contribution in [2.24, 2.45) is 0 Å². The SMILES string of the molecule is CNc1cc(C(=O)N(C)Cc2ccc(F)cc2)cc(Cl)n1. The molecular formula is C15H15ClFN3O. The first kappa shape index (κ1) is 15.3. The second kappa shape index (κ2) is 6.54. The van der Waals surface area contributed by atoms with Gasteiger partial charge in [-0.05, 0) is 29.8 Å². The molecular weight excluding hydrogens is 293 g/mol. The number of aromatic nitrogens is 1. The van der Waals surface area contributed by atoms with Crippen LogP contribution in [0.4, 0.5) is 10.2 Å². The Morgan fingerprint density at radius 3 is 2.62 bits per heavy atom. The van der Waals surface area contributed by atoms with E-state index in [9.17, 15) is 9.18 Å². The fraction of sp³-hybridized carbons (Fsp3) is 0.200. The predicted octanol–water partition coefficient (Wildman–Crippen LogP) is 3.19. The fourth-order valence-electron chi connectivity index (χ4n) is 1.90. The molecule has 0 bridgehead atoms. The Hall–Kier alpha value is -2.14. The van der Waals surface area contributed by atoms with Gasteiger partial charge < -0.3 is 10.2 Å². The number of halogens is 2. The molecule has 0 aliphatic heterocycles. The summed E-state index contributed by atoms with van der Waals surface area (Å²) in [4.78, 5) is 17.9. The molecule has 1 N–H and O–H groups in total. The van der Waals surface area contributed by atoms with Gasteiger partial charge in [0.15, 0.2) is 0 Å². The van der Waals surface area contributed by atoms with E-state index in [1.54, 1.807) is 37.2 Å². The minimum atomic E-state index is -0.299. The number of amides is 1. The summed E-state index contributed by atoms with van der Waals surface area (Å²) in [5.41, 5.74) is 1.30. The molecule has 0 aliphatic rings. The first-order valence-electron chi connectivity index (χ1n) is 6.35. The number of hydrogen-bond acceptors (Lipinski definition) is 3. The van der Waals surface area contributed by atoms with Crippen molar-refractivity contribution in [3.63, 3.8) is 0 Å². The van der Waals surface area contributed by atoms with E-state index < -0.39 is 0 Å². The van der Waals surface area contributed by atoms with Crippen molar-refractivity contribution in [1.29, 1.82) is 0 Å². The van der Waals surface area contributed by atoms with Gasteiger partial charge in [-0.15, -0.1) is 0 Å². The number of carbonyl (C=O) groups is 1. The van der Waals surface area contributed by atoms with Crippen LogP contribution >= 0.6 is 11.6 Å². The molecule has 0 saturated carbocycles. The van der Waals surface area contributed by atoms with E-state index in [1.165, 1.54) is 18.2 Å². The van der Waals surface area contributed by atoms with Gasteiger partial charge in [-0.3, -0.25) is 4.79 Å². The Labute approximate surface area is 127 Å². The van der Waals surface area contributed by atoms with Crippen molar-refractivity contribution in [3.05, 3.63) is 58.5 Å². The molecule has 0 saturated heterocycles. The van der Waals surface area contributed by atoms with Crippen LogP contribution in [-0.4, -0.2) is 29.9 Å². The van der Waals surface area contributed by atoms with E-state index >= 15 is 0 Å². The summed E-state index contributed by atoms with van der Waals surface area (Å²) in [6.07, 6.45) is 0. The smallest absolute Gasteiger partial charge is 0.254 e. The van der Waals surface area contributed by atoms with E-state index in [1.807, 2.05) is 0 Å². The Kier molecular flexibility index (Phi) is 4.75. The minimum Gasteiger partial charge on any atom is -0.373 e. The molecule has 1 aromatic carbocycles. The van der Waals surface area contributed by atoms with Crippen molar-refractivity contribution in [2.45, 2.75) is 6.54 Å². The molecule has 0 atom stereocenters. The van der Waals surface area contributed by atoms with Crippen molar-refractivity contribution in [1.82, 2.24) is 9.88 Å². The third kappa shape index (κ3) is 3.92. The van der Waals surface area contributed by atoms with Crippen molar-refractivity contribution in [2.75, 3.05) is 19.4 Å². The second-order valence-corrected chi connectivity index (χ2v) is 4.99. The number of rotatable bonds is 4. The average Bonchev–Trinajstić information content (AvgIpc) is 2.48. The zero-order valence-corrected chi connectivity index (χ0v) is 12.5. The van der Waals surface area contributed by atoms with Gasteiger partial charge in [-0.1, -0.05) is 23.7 Å². The molecule has 1 heterocycles. The van der Waals surface area contributed by atoms with E-state index in [2.05, 4.69) is 10.3 Å². The number of hydrogen-bond donors (Lipinski definition) is 1. The Morgan fingerprint density at radius 1 is 1.33 bits per heavy atom. The molecule has 2 aromatic rings. The summed E-state index contributed by atoms with van der Waals surface area (Å²) in [6, 6.07) is 9.20. The average molecular weight is 308 g/mol. The molecule has 0 radical (unpaired) electrons. The maximum atomic E-state index is 12.9. The molecule has 6 heteroatoms.